The Kier molecular flexibility index (Phi) is 4.69. The van der Waals surface area contributed by atoms with Crippen LogP contribution in [0.2, 0.25) is 0 Å². The van der Waals surface area contributed by atoms with Crippen LogP contribution in [0.5, 0.6) is 0 Å². The molecule has 0 aromatic carbocycles. The van der Waals surface area contributed by atoms with Crippen molar-refractivity contribution in [3.63, 3.8) is 0 Å². The summed E-state index contributed by atoms with van der Waals surface area (Å²) in [5.74, 6) is -0.397. The lowest BCUT2D eigenvalue weighted by atomic mass is 9.90. The molecule has 0 aliphatic rings. The van der Waals surface area contributed by atoms with E-state index >= 15 is 0 Å². The van der Waals surface area contributed by atoms with Gasteiger partial charge in [0.25, 0.3) is 0 Å². The highest BCUT2D eigenvalue weighted by molar-refractivity contribution is 9.11. The number of pyridine rings is 1. The van der Waals surface area contributed by atoms with Gasteiger partial charge in [0.1, 0.15) is 9.71 Å². The highest BCUT2D eigenvalue weighted by atomic mass is 79.9. The van der Waals surface area contributed by atoms with Crippen LogP contribution in [0, 0.1) is 0 Å². The number of nitrogens with two attached hydrogens (primary N) is 1. The first kappa shape index (κ1) is 19.3. The molecule has 0 radical (unpaired) electrons. The monoisotopic (exact) mass is 462 g/mol. The van der Waals surface area contributed by atoms with Gasteiger partial charge in [-0.3, -0.25) is 4.79 Å². The lowest BCUT2D eigenvalue weighted by Gasteiger charge is -2.20. The van der Waals surface area contributed by atoms with Crippen LogP contribution >= 0.6 is 38.6 Å². The summed E-state index contributed by atoms with van der Waals surface area (Å²) in [6, 6.07) is 4.35. The van der Waals surface area contributed by atoms with Crippen LogP contribution in [0.3, 0.4) is 0 Å². The Morgan fingerprint density at radius 1 is 1.19 bits per heavy atom. The Morgan fingerprint density at radius 2 is 1.85 bits per heavy atom. The van der Waals surface area contributed by atoms with Crippen LogP contribution in [0.15, 0.2) is 22.0 Å². The molecule has 3 aromatic heterocycles. The largest absolute Gasteiger partial charge is 0.417 e. The van der Waals surface area contributed by atoms with Crippen LogP contribution in [0.25, 0.3) is 10.2 Å². The lowest BCUT2D eigenvalue weighted by molar-refractivity contribution is -0.136. The normalized spacial score (nSPS) is 12.7. The number of hydrogen-bond acceptors (Lipinski definition) is 5. The molecule has 2 N–H and O–H groups in total. The van der Waals surface area contributed by atoms with E-state index in [1.165, 1.54) is 11.3 Å². The molecule has 0 aliphatic heterocycles. The fraction of sp³-hybridized carbons (Fsp3) is 0.294. The van der Waals surface area contributed by atoms with Crippen LogP contribution in [-0.2, 0) is 11.6 Å². The van der Waals surface area contributed by atoms with E-state index in [9.17, 15) is 18.0 Å². The van der Waals surface area contributed by atoms with E-state index in [-0.39, 0.29) is 20.8 Å². The third kappa shape index (κ3) is 3.39. The zero-order valence-corrected chi connectivity index (χ0v) is 17.2. The fourth-order valence-corrected chi connectivity index (χ4v) is 4.92. The van der Waals surface area contributed by atoms with Crippen molar-refractivity contribution in [1.29, 1.82) is 0 Å². The number of carbonyl (C=O) groups excluding carboxylic acids is 1. The average molecular weight is 463 g/mol. The molecule has 0 amide bonds. The van der Waals surface area contributed by atoms with E-state index in [1.807, 2.05) is 0 Å². The van der Waals surface area contributed by atoms with Gasteiger partial charge in [0, 0.05) is 16.5 Å². The third-order valence-corrected chi connectivity index (χ3v) is 6.50. The number of aromatic nitrogens is 1. The smallest absolute Gasteiger partial charge is 0.397 e. The molecule has 3 nitrogen and oxygen atoms in total. The molecule has 0 atom stereocenters. The fourth-order valence-electron chi connectivity index (χ4n) is 2.45. The minimum Gasteiger partial charge on any atom is -0.397 e. The first-order valence-electron chi connectivity index (χ1n) is 7.50. The van der Waals surface area contributed by atoms with Crippen molar-refractivity contribution in [3.05, 3.63) is 43.0 Å². The molecule has 0 saturated carbocycles. The summed E-state index contributed by atoms with van der Waals surface area (Å²) in [7, 11) is 0. The first-order valence-corrected chi connectivity index (χ1v) is 9.93. The van der Waals surface area contributed by atoms with Crippen molar-refractivity contribution in [2.24, 2.45) is 0 Å². The standard InChI is InChI=1S/C17H14BrF3N2OS2/c1-16(2,3)9-6-7(17(19,20)21)11-12(22)14(26-15(11)23-9)13(24)8-4-5-10(18)25-8/h4-6H,22H2,1-3H3. The maximum atomic E-state index is 13.6. The van der Waals surface area contributed by atoms with Gasteiger partial charge in [-0.1, -0.05) is 20.8 Å². The maximum Gasteiger partial charge on any atom is 0.417 e. The number of rotatable bonds is 2. The molecule has 0 bridgehead atoms. The average Bonchev–Trinajstić information content (AvgIpc) is 3.08. The Bertz CT molecular complexity index is 1020. The SMILES string of the molecule is CC(C)(C)c1cc(C(F)(F)F)c2c(N)c(C(=O)c3ccc(Br)s3)sc2n1. The maximum absolute atomic E-state index is 13.6. The molecule has 0 unspecified atom stereocenters. The molecule has 0 saturated heterocycles. The van der Waals surface area contributed by atoms with Gasteiger partial charge in [0.2, 0.25) is 5.78 Å². The summed E-state index contributed by atoms with van der Waals surface area (Å²) in [5, 5.41) is -0.200. The molecular formula is C17H14BrF3N2OS2. The van der Waals surface area contributed by atoms with Gasteiger partial charge < -0.3 is 5.73 Å². The summed E-state index contributed by atoms with van der Waals surface area (Å²) >= 11 is 5.38. The molecule has 0 fully saturated rings. The number of nitrogens with zero attached hydrogens (tertiary/aromatic N) is 1. The number of thiophene rings is 2. The van der Waals surface area contributed by atoms with Gasteiger partial charge in [0.05, 0.1) is 19.9 Å². The van der Waals surface area contributed by atoms with Gasteiger partial charge >= 0.3 is 6.18 Å². The van der Waals surface area contributed by atoms with Gasteiger partial charge in [-0.25, -0.2) is 4.98 Å². The Hall–Kier alpha value is -1.45. The second-order valence-corrected chi connectivity index (χ2v) is 10.2. The van der Waals surface area contributed by atoms with Crippen LogP contribution in [0.1, 0.15) is 46.6 Å². The van der Waals surface area contributed by atoms with Crippen molar-refractivity contribution >= 4 is 60.3 Å². The number of fused-ring (bicyclic) bond motifs is 1. The molecule has 9 heteroatoms. The highest BCUT2D eigenvalue weighted by Gasteiger charge is 2.37. The Morgan fingerprint density at radius 3 is 2.35 bits per heavy atom. The van der Waals surface area contributed by atoms with E-state index in [0.717, 1.165) is 21.2 Å². The van der Waals surface area contributed by atoms with E-state index in [2.05, 4.69) is 20.9 Å². The van der Waals surface area contributed by atoms with Crippen LogP contribution < -0.4 is 5.73 Å². The minimum atomic E-state index is -4.59. The molecule has 3 aromatic rings. The summed E-state index contributed by atoms with van der Waals surface area (Å²) in [6.07, 6.45) is -4.59. The second-order valence-electron chi connectivity index (χ2n) is 6.76. The van der Waals surface area contributed by atoms with Gasteiger partial charge in [-0.2, -0.15) is 13.2 Å². The topological polar surface area (TPSA) is 56.0 Å². The number of halogens is 4. The molecule has 26 heavy (non-hydrogen) atoms. The van der Waals surface area contributed by atoms with E-state index < -0.39 is 22.9 Å². The number of hydrogen-bond donors (Lipinski definition) is 1. The number of carbonyl (C=O) groups is 1. The molecule has 138 valence electrons. The van der Waals surface area contributed by atoms with Gasteiger partial charge in [-0.15, -0.1) is 22.7 Å². The zero-order valence-electron chi connectivity index (χ0n) is 14.0. The number of nitrogen functional groups attached to an aromatic ring is 1. The van der Waals surface area contributed by atoms with E-state index in [4.69, 9.17) is 5.73 Å². The highest BCUT2D eigenvalue weighted by Crippen LogP contribution is 2.44. The molecule has 3 heterocycles. The summed E-state index contributed by atoms with van der Waals surface area (Å²) in [4.78, 5) is 17.7. The third-order valence-electron chi connectivity index (χ3n) is 3.78. The van der Waals surface area contributed by atoms with Crippen molar-refractivity contribution in [2.45, 2.75) is 32.4 Å². The summed E-state index contributed by atoms with van der Waals surface area (Å²) in [6.45, 7) is 5.36. The Labute approximate surface area is 164 Å². The minimum absolute atomic E-state index is 0.0819. The van der Waals surface area contributed by atoms with E-state index in [1.54, 1.807) is 32.9 Å². The van der Waals surface area contributed by atoms with Crippen molar-refractivity contribution < 1.29 is 18.0 Å². The Balaban J connectivity index is 2.29. The first-order chi connectivity index (χ1) is 11.9. The number of ketones is 1. The van der Waals surface area contributed by atoms with Crippen LogP contribution in [-0.4, -0.2) is 10.8 Å². The van der Waals surface area contributed by atoms with E-state index in [0.29, 0.717) is 10.6 Å². The van der Waals surface area contributed by atoms with Crippen molar-refractivity contribution in [1.82, 2.24) is 4.98 Å². The number of alkyl halides is 3. The molecule has 0 spiro atoms. The predicted molar refractivity (Wildman–Crippen MR) is 103 cm³/mol. The predicted octanol–water partition coefficient (Wildman–Crippen LogP) is 6.25. The summed E-state index contributed by atoms with van der Waals surface area (Å²) in [5.41, 5.74) is 4.69. The van der Waals surface area contributed by atoms with Crippen molar-refractivity contribution in [2.75, 3.05) is 5.73 Å². The van der Waals surface area contributed by atoms with Gasteiger partial charge in [-0.05, 0) is 34.1 Å². The van der Waals surface area contributed by atoms with Gasteiger partial charge in [0.15, 0.2) is 0 Å². The van der Waals surface area contributed by atoms with Crippen molar-refractivity contribution in [3.8, 4) is 0 Å². The molecule has 0 aliphatic carbocycles. The van der Waals surface area contributed by atoms with Crippen LogP contribution in [0.4, 0.5) is 18.9 Å². The zero-order chi connectivity index (χ0) is 19.4. The lowest BCUT2D eigenvalue weighted by Crippen LogP contribution is -2.16. The number of anilines is 1. The quantitative estimate of drug-likeness (QED) is 0.457. The molecular weight excluding hydrogens is 449 g/mol. The second kappa shape index (κ2) is 6.31. The molecule has 3 rings (SSSR count). The summed E-state index contributed by atoms with van der Waals surface area (Å²) < 4.78 is 41.7.